The second kappa shape index (κ2) is 8.40. The molecule has 2 rings (SSSR count). The minimum absolute atomic E-state index is 0. The van der Waals surface area contributed by atoms with E-state index >= 15 is 0 Å². The largest absolute Gasteiger partial charge is 0.339 e. The first-order valence-electron chi connectivity index (χ1n) is 6.17. The third-order valence-corrected chi connectivity index (χ3v) is 3.42. The maximum absolute atomic E-state index is 12.3. The maximum atomic E-state index is 12.3. The standard InChI is InChI=1S/C12H20N4O.2ClH/c1-10(16-8-4-6-14-16)12(17)15-7-3-5-11(9-15)13-2;;/h4,6,8,10-11,13H,3,5,7,9H2,1-2H3;2*1H. The molecule has 1 aromatic heterocycles. The Hall–Kier alpha value is -0.780. The molecule has 1 aliphatic heterocycles. The molecule has 0 radical (unpaired) electrons. The summed E-state index contributed by atoms with van der Waals surface area (Å²) in [6.45, 7) is 3.57. The third kappa shape index (κ3) is 4.37. The van der Waals surface area contributed by atoms with Crippen molar-refractivity contribution in [1.82, 2.24) is 20.0 Å². The number of rotatable bonds is 3. The van der Waals surface area contributed by atoms with Gasteiger partial charge in [0.1, 0.15) is 6.04 Å². The Morgan fingerprint density at radius 1 is 1.47 bits per heavy atom. The maximum Gasteiger partial charge on any atom is 0.247 e. The molecular formula is C12H22Cl2N4O. The second-order valence-corrected chi connectivity index (χ2v) is 4.57. The van der Waals surface area contributed by atoms with Crippen molar-refractivity contribution < 1.29 is 4.79 Å². The van der Waals surface area contributed by atoms with Gasteiger partial charge in [-0.1, -0.05) is 0 Å². The van der Waals surface area contributed by atoms with E-state index in [9.17, 15) is 4.79 Å². The van der Waals surface area contributed by atoms with Crippen molar-refractivity contribution in [2.45, 2.75) is 31.8 Å². The summed E-state index contributed by atoms with van der Waals surface area (Å²) in [5, 5.41) is 7.37. The average Bonchev–Trinajstić information content (AvgIpc) is 2.91. The van der Waals surface area contributed by atoms with Crippen LogP contribution in [0.1, 0.15) is 25.8 Å². The van der Waals surface area contributed by atoms with Crippen LogP contribution in [0.5, 0.6) is 0 Å². The van der Waals surface area contributed by atoms with Gasteiger partial charge >= 0.3 is 0 Å². The van der Waals surface area contributed by atoms with Gasteiger partial charge < -0.3 is 10.2 Å². The van der Waals surface area contributed by atoms with Crippen LogP contribution in [0.3, 0.4) is 0 Å². The highest BCUT2D eigenvalue weighted by atomic mass is 35.5. The fourth-order valence-corrected chi connectivity index (χ4v) is 2.30. The van der Waals surface area contributed by atoms with Gasteiger partial charge in [0.15, 0.2) is 0 Å². The minimum Gasteiger partial charge on any atom is -0.339 e. The Bertz CT molecular complexity index is 372. The van der Waals surface area contributed by atoms with Crippen LogP contribution in [0.15, 0.2) is 18.5 Å². The van der Waals surface area contributed by atoms with E-state index in [0.29, 0.717) is 6.04 Å². The van der Waals surface area contributed by atoms with E-state index in [2.05, 4.69) is 10.4 Å². The highest BCUT2D eigenvalue weighted by Crippen LogP contribution is 2.15. The summed E-state index contributed by atoms with van der Waals surface area (Å²) in [6.07, 6.45) is 5.76. The number of aromatic nitrogens is 2. The first-order valence-corrected chi connectivity index (χ1v) is 6.17. The van der Waals surface area contributed by atoms with Crippen LogP contribution in [-0.2, 0) is 4.79 Å². The molecule has 0 bridgehead atoms. The predicted molar refractivity (Wildman–Crippen MR) is 80.1 cm³/mol. The number of piperidine rings is 1. The van der Waals surface area contributed by atoms with Gasteiger partial charge in [0.05, 0.1) is 0 Å². The van der Waals surface area contributed by atoms with Gasteiger partial charge in [-0.25, -0.2) is 0 Å². The Kier molecular flexibility index (Phi) is 8.06. The summed E-state index contributed by atoms with van der Waals surface area (Å²) in [7, 11) is 1.95. The molecule has 1 aromatic rings. The SMILES string of the molecule is CNC1CCCN(C(=O)C(C)n2cccn2)C1.Cl.Cl. The number of likely N-dealkylation sites (N-methyl/N-ethyl adjacent to an activating group) is 1. The molecule has 1 N–H and O–H groups in total. The van der Waals surface area contributed by atoms with Crippen LogP contribution in [0.25, 0.3) is 0 Å². The van der Waals surface area contributed by atoms with Gasteiger partial charge in [-0.15, -0.1) is 24.8 Å². The third-order valence-electron chi connectivity index (χ3n) is 3.42. The highest BCUT2D eigenvalue weighted by Gasteiger charge is 2.26. The molecule has 19 heavy (non-hydrogen) atoms. The normalized spacial score (nSPS) is 20.1. The van der Waals surface area contributed by atoms with Crippen LogP contribution in [0.2, 0.25) is 0 Å². The molecule has 5 nitrogen and oxygen atoms in total. The lowest BCUT2D eigenvalue weighted by Crippen LogP contribution is -2.48. The fourth-order valence-electron chi connectivity index (χ4n) is 2.30. The van der Waals surface area contributed by atoms with Crippen molar-refractivity contribution >= 4 is 30.7 Å². The van der Waals surface area contributed by atoms with Crippen LogP contribution >= 0.6 is 24.8 Å². The van der Waals surface area contributed by atoms with Crippen molar-refractivity contribution in [1.29, 1.82) is 0 Å². The van der Waals surface area contributed by atoms with Crippen LogP contribution < -0.4 is 5.32 Å². The van der Waals surface area contributed by atoms with Crippen molar-refractivity contribution in [2.24, 2.45) is 0 Å². The van der Waals surface area contributed by atoms with E-state index in [1.54, 1.807) is 10.9 Å². The number of hydrogen-bond acceptors (Lipinski definition) is 3. The minimum atomic E-state index is -0.208. The molecule has 2 unspecified atom stereocenters. The summed E-state index contributed by atoms with van der Waals surface area (Å²) < 4.78 is 1.71. The van der Waals surface area contributed by atoms with E-state index in [1.165, 1.54) is 0 Å². The number of likely N-dealkylation sites (tertiary alicyclic amines) is 1. The van der Waals surface area contributed by atoms with Gasteiger partial charge in [-0.2, -0.15) is 5.10 Å². The summed E-state index contributed by atoms with van der Waals surface area (Å²) in [5.74, 6) is 0.161. The Balaban J connectivity index is 0.00000162. The highest BCUT2D eigenvalue weighted by molar-refractivity contribution is 5.85. The molecule has 110 valence electrons. The Morgan fingerprint density at radius 2 is 2.21 bits per heavy atom. The molecule has 0 aromatic carbocycles. The fraction of sp³-hybridized carbons (Fsp3) is 0.667. The number of hydrogen-bond donors (Lipinski definition) is 1. The van der Waals surface area contributed by atoms with E-state index in [1.807, 2.05) is 31.1 Å². The lowest BCUT2D eigenvalue weighted by molar-refractivity contribution is -0.135. The first-order chi connectivity index (χ1) is 8.22. The Morgan fingerprint density at radius 3 is 2.79 bits per heavy atom. The molecule has 2 atom stereocenters. The van der Waals surface area contributed by atoms with E-state index < -0.39 is 0 Å². The second-order valence-electron chi connectivity index (χ2n) is 4.57. The summed E-state index contributed by atoms with van der Waals surface area (Å²) in [5.41, 5.74) is 0. The molecule has 0 aliphatic carbocycles. The molecule has 0 saturated carbocycles. The molecule has 1 fully saturated rings. The lowest BCUT2D eigenvalue weighted by Gasteiger charge is -2.34. The Labute approximate surface area is 126 Å². The zero-order chi connectivity index (χ0) is 12.3. The first kappa shape index (κ1) is 18.2. The van der Waals surface area contributed by atoms with E-state index in [0.717, 1.165) is 25.9 Å². The molecular weight excluding hydrogens is 287 g/mol. The molecule has 2 heterocycles. The molecule has 0 spiro atoms. The average molecular weight is 309 g/mol. The van der Waals surface area contributed by atoms with Crippen molar-refractivity contribution in [3.63, 3.8) is 0 Å². The number of halogens is 2. The molecule has 1 saturated heterocycles. The van der Waals surface area contributed by atoms with Crippen molar-refractivity contribution in [2.75, 3.05) is 20.1 Å². The number of nitrogens with zero attached hydrogens (tertiary/aromatic N) is 3. The van der Waals surface area contributed by atoms with Crippen molar-refractivity contribution in [3.05, 3.63) is 18.5 Å². The zero-order valence-corrected chi connectivity index (χ0v) is 12.9. The summed E-state index contributed by atoms with van der Waals surface area (Å²) in [6, 6.07) is 2.06. The monoisotopic (exact) mass is 308 g/mol. The summed E-state index contributed by atoms with van der Waals surface area (Å²) >= 11 is 0. The number of carbonyl (C=O) groups is 1. The number of carbonyl (C=O) groups excluding carboxylic acids is 1. The van der Waals surface area contributed by atoms with Gasteiger partial charge in [0.25, 0.3) is 0 Å². The van der Waals surface area contributed by atoms with Gasteiger partial charge in [0, 0.05) is 31.5 Å². The van der Waals surface area contributed by atoms with E-state index in [-0.39, 0.29) is 36.8 Å². The summed E-state index contributed by atoms with van der Waals surface area (Å²) in [4.78, 5) is 14.2. The van der Waals surface area contributed by atoms with Gasteiger partial charge in [0.2, 0.25) is 5.91 Å². The smallest absolute Gasteiger partial charge is 0.247 e. The molecule has 1 aliphatic rings. The topological polar surface area (TPSA) is 50.2 Å². The van der Waals surface area contributed by atoms with Crippen LogP contribution in [0.4, 0.5) is 0 Å². The van der Waals surface area contributed by atoms with Gasteiger partial charge in [-0.05, 0) is 32.9 Å². The van der Waals surface area contributed by atoms with Crippen LogP contribution in [0, 0.1) is 0 Å². The van der Waals surface area contributed by atoms with Gasteiger partial charge in [-0.3, -0.25) is 9.48 Å². The number of nitrogens with one attached hydrogen (secondary N) is 1. The van der Waals surface area contributed by atoms with Crippen molar-refractivity contribution in [3.8, 4) is 0 Å². The zero-order valence-electron chi connectivity index (χ0n) is 11.3. The van der Waals surface area contributed by atoms with Crippen LogP contribution in [-0.4, -0.2) is 46.8 Å². The predicted octanol–water partition coefficient (Wildman–Crippen LogP) is 1.50. The molecule has 1 amide bonds. The van der Waals surface area contributed by atoms with E-state index in [4.69, 9.17) is 0 Å². The quantitative estimate of drug-likeness (QED) is 0.920. The number of amides is 1. The molecule has 7 heteroatoms. The lowest BCUT2D eigenvalue weighted by atomic mass is 10.1.